The van der Waals surface area contributed by atoms with Gasteiger partial charge in [0, 0.05) is 11.1 Å². The Balaban J connectivity index is 3.44. The van der Waals surface area contributed by atoms with Gasteiger partial charge in [-0.05, 0) is 16.8 Å². The second kappa shape index (κ2) is 5.08. The van der Waals surface area contributed by atoms with Crippen LogP contribution in [0, 0.1) is 17.0 Å². The van der Waals surface area contributed by atoms with E-state index >= 15 is 0 Å². The van der Waals surface area contributed by atoms with Crippen molar-refractivity contribution >= 4 is 11.8 Å². The van der Waals surface area contributed by atoms with Gasteiger partial charge in [0.25, 0.3) is 0 Å². The number of hydrogen-bond acceptors (Lipinski definition) is 5. The Morgan fingerprint density at radius 3 is 2.58 bits per heavy atom. The van der Waals surface area contributed by atoms with Crippen molar-refractivity contribution in [3.8, 4) is 5.75 Å². The predicted octanol–water partition coefficient (Wildman–Crippen LogP) is 1.82. The van der Waals surface area contributed by atoms with Gasteiger partial charge in [-0.1, -0.05) is 0 Å². The van der Waals surface area contributed by atoms with Crippen LogP contribution in [0.2, 0.25) is 0 Å². The van der Waals surface area contributed by atoms with Crippen LogP contribution >= 0.6 is 0 Å². The standard InChI is InChI=1S/C9H7F3N2O5/c1-4-3-13-8(14(17)18)7(19-9(10,11)12)5(4)2-6(15)16/h3H,2H2,1H3,(H,15,16). The minimum Gasteiger partial charge on any atom is -0.481 e. The van der Waals surface area contributed by atoms with Crippen molar-refractivity contribution in [2.75, 3.05) is 0 Å². The number of carboxylic acids is 1. The molecule has 104 valence electrons. The van der Waals surface area contributed by atoms with Gasteiger partial charge in [0.15, 0.2) is 0 Å². The molecule has 10 heteroatoms. The molecule has 1 heterocycles. The molecular weight excluding hydrogens is 273 g/mol. The Kier molecular flexibility index (Phi) is 3.92. The zero-order chi connectivity index (χ0) is 14.8. The van der Waals surface area contributed by atoms with E-state index in [2.05, 4.69) is 9.72 Å². The summed E-state index contributed by atoms with van der Waals surface area (Å²) in [5, 5.41) is 19.2. The maximum Gasteiger partial charge on any atom is 0.573 e. The number of carbonyl (C=O) groups is 1. The van der Waals surface area contributed by atoms with Crippen LogP contribution in [0.5, 0.6) is 5.75 Å². The molecule has 0 spiro atoms. The molecule has 0 saturated carbocycles. The fourth-order valence-corrected chi connectivity index (χ4v) is 1.33. The molecule has 0 unspecified atom stereocenters. The average Bonchev–Trinajstić information content (AvgIpc) is 2.20. The molecule has 1 aromatic heterocycles. The molecule has 0 aliphatic heterocycles. The number of halogens is 3. The van der Waals surface area contributed by atoms with Crippen molar-refractivity contribution < 1.29 is 32.7 Å². The topological polar surface area (TPSA) is 103 Å². The Hall–Kier alpha value is -2.39. The van der Waals surface area contributed by atoms with Gasteiger partial charge in [0.2, 0.25) is 5.75 Å². The highest BCUT2D eigenvalue weighted by atomic mass is 19.4. The number of carboxylic acid groups (broad SMARTS) is 1. The van der Waals surface area contributed by atoms with Crippen LogP contribution in [0.3, 0.4) is 0 Å². The molecular formula is C9H7F3N2O5. The van der Waals surface area contributed by atoms with E-state index in [0.29, 0.717) is 0 Å². The van der Waals surface area contributed by atoms with Crippen molar-refractivity contribution in [3.05, 3.63) is 27.4 Å². The lowest BCUT2D eigenvalue weighted by Gasteiger charge is -2.13. The van der Waals surface area contributed by atoms with E-state index in [1.807, 2.05) is 0 Å². The van der Waals surface area contributed by atoms with Crippen LogP contribution in [0.15, 0.2) is 6.20 Å². The van der Waals surface area contributed by atoms with Crippen LogP contribution < -0.4 is 4.74 Å². The number of nitrogens with zero attached hydrogens (tertiary/aromatic N) is 2. The summed E-state index contributed by atoms with van der Waals surface area (Å²) in [7, 11) is 0. The monoisotopic (exact) mass is 280 g/mol. The summed E-state index contributed by atoms with van der Waals surface area (Å²) in [4.78, 5) is 23.2. The van der Waals surface area contributed by atoms with Gasteiger partial charge in [-0.2, -0.15) is 0 Å². The van der Waals surface area contributed by atoms with E-state index in [9.17, 15) is 28.1 Å². The summed E-state index contributed by atoms with van der Waals surface area (Å²) in [5.41, 5.74) is -0.390. The number of aliphatic carboxylic acids is 1. The highest BCUT2D eigenvalue weighted by Crippen LogP contribution is 2.35. The summed E-state index contributed by atoms with van der Waals surface area (Å²) < 4.78 is 40.2. The lowest BCUT2D eigenvalue weighted by Crippen LogP contribution is -2.20. The van der Waals surface area contributed by atoms with Crippen molar-refractivity contribution in [2.24, 2.45) is 0 Å². The molecule has 0 aromatic carbocycles. The number of aryl methyl sites for hydroxylation is 1. The summed E-state index contributed by atoms with van der Waals surface area (Å²) in [6.07, 6.45) is -5.12. The normalized spacial score (nSPS) is 11.2. The van der Waals surface area contributed by atoms with Crippen LogP contribution in [0.4, 0.5) is 19.0 Å². The van der Waals surface area contributed by atoms with E-state index in [-0.39, 0.29) is 5.56 Å². The van der Waals surface area contributed by atoms with Crippen LogP contribution in [0.1, 0.15) is 11.1 Å². The lowest BCUT2D eigenvalue weighted by atomic mass is 10.1. The Bertz CT molecular complexity index is 529. The van der Waals surface area contributed by atoms with Gasteiger partial charge < -0.3 is 20.0 Å². The number of aromatic nitrogens is 1. The number of pyridine rings is 1. The maximum atomic E-state index is 12.2. The van der Waals surface area contributed by atoms with E-state index in [4.69, 9.17) is 5.11 Å². The highest BCUT2D eigenvalue weighted by Gasteiger charge is 2.37. The Morgan fingerprint density at radius 1 is 1.58 bits per heavy atom. The minimum absolute atomic E-state index is 0.0484. The zero-order valence-electron chi connectivity index (χ0n) is 9.39. The van der Waals surface area contributed by atoms with Crippen LogP contribution in [0.25, 0.3) is 0 Å². The molecule has 0 fully saturated rings. The Morgan fingerprint density at radius 2 is 2.16 bits per heavy atom. The van der Waals surface area contributed by atoms with Gasteiger partial charge in [0.1, 0.15) is 6.20 Å². The third-order valence-corrected chi connectivity index (χ3v) is 2.05. The molecule has 1 aromatic rings. The fraction of sp³-hybridized carbons (Fsp3) is 0.333. The fourth-order valence-electron chi connectivity index (χ4n) is 1.33. The third kappa shape index (κ3) is 3.79. The number of ether oxygens (including phenoxy) is 1. The van der Waals surface area contributed by atoms with Crippen molar-refractivity contribution in [3.63, 3.8) is 0 Å². The molecule has 0 saturated heterocycles. The van der Waals surface area contributed by atoms with Crippen molar-refractivity contribution in [1.29, 1.82) is 0 Å². The molecule has 0 amide bonds. The number of nitro groups is 1. The van der Waals surface area contributed by atoms with Gasteiger partial charge >= 0.3 is 18.1 Å². The van der Waals surface area contributed by atoms with Gasteiger partial charge in [-0.15, -0.1) is 13.2 Å². The number of hydrogen-bond donors (Lipinski definition) is 1. The van der Waals surface area contributed by atoms with Crippen molar-refractivity contribution in [2.45, 2.75) is 19.7 Å². The summed E-state index contributed by atoms with van der Waals surface area (Å²) in [6, 6.07) is 0. The van der Waals surface area contributed by atoms with Gasteiger partial charge in [0.05, 0.1) is 6.42 Å². The van der Waals surface area contributed by atoms with Gasteiger partial charge in [-0.3, -0.25) is 4.79 Å². The first kappa shape index (κ1) is 14.7. The van der Waals surface area contributed by atoms with Crippen LogP contribution in [-0.4, -0.2) is 27.3 Å². The van der Waals surface area contributed by atoms with E-state index < -0.39 is 40.8 Å². The zero-order valence-corrected chi connectivity index (χ0v) is 9.39. The van der Waals surface area contributed by atoms with E-state index in [0.717, 1.165) is 6.20 Å². The molecule has 1 N–H and O–H groups in total. The number of rotatable bonds is 4. The summed E-state index contributed by atoms with van der Waals surface area (Å²) in [5.74, 6) is -3.82. The summed E-state index contributed by atoms with van der Waals surface area (Å²) >= 11 is 0. The van der Waals surface area contributed by atoms with Gasteiger partial charge in [-0.25, -0.2) is 0 Å². The van der Waals surface area contributed by atoms with E-state index in [1.165, 1.54) is 6.92 Å². The largest absolute Gasteiger partial charge is 0.573 e. The first-order valence-electron chi connectivity index (χ1n) is 4.72. The van der Waals surface area contributed by atoms with E-state index in [1.54, 1.807) is 0 Å². The molecule has 0 aliphatic carbocycles. The lowest BCUT2D eigenvalue weighted by molar-refractivity contribution is -0.393. The first-order chi connectivity index (χ1) is 8.61. The quantitative estimate of drug-likeness (QED) is 0.666. The molecule has 7 nitrogen and oxygen atoms in total. The molecule has 1 rings (SSSR count). The molecule has 0 aliphatic rings. The number of alkyl halides is 3. The maximum absolute atomic E-state index is 12.2. The second-order valence-electron chi connectivity index (χ2n) is 3.45. The molecule has 0 radical (unpaired) electrons. The SMILES string of the molecule is Cc1cnc([N+](=O)[O-])c(OC(F)(F)F)c1CC(=O)O. The summed E-state index contributed by atoms with van der Waals surface area (Å²) in [6.45, 7) is 1.28. The predicted molar refractivity (Wildman–Crippen MR) is 53.7 cm³/mol. The average molecular weight is 280 g/mol. The Labute approximate surface area is 103 Å². The van der Waals surface area contributed by atoms with Crippen molar-refractivity contribution in [1.82, 2.24) is 4.98 Å². The third-order valence-electron chi connectivity index (χ3n) is 2.05. The smallest absolute Gasteiger partial charge is 0.481 e. The second-order valence-corrected chi connectivity index (χ2v) is 3.45. The molecule has 19 heavy (non-hydrogen) atoms. The molecule has 0 atom stereocenters. The molecule has 0 bridgehead atoms. The highest BCUT2D eigenvalue weighted by molar-refractivity contribution is 5.73. The van der Waals surface area contributed by atoms with Crippen LogP contribution in [-0.2, 0) is 11.2 Å². The first-order valence-corrected chi connectivity index (χ1v) is 4.72. The minimum atomic E-state index is -5.19.